The maximum Gasteiger partial charge on any atom is 0.118 e. The molecule has 0 radical (unpaired) electrons. The molecule has 2 atom stereocenters. The third kappa shape index (κ3) is 2.36. The largest absolute Gasteiger partial charge is 0.497 e. The highest BCUT2D eigenvalue weighted by Gasteiger charge is 2.27. The Kier molecular flexibility index (Phi) is 3.46. The summed E-state index contributed by atoms with van der Waals surface area (Å²) in [6.07, 6.45) is 1.11. The van der Waals surface area contributed by atoms with Crippen LogP contribution in [0.15, 0.2) is 24.3 Å². The quantitative estimate of drug-likeness (QED) is 0.841. The average Bonchev–Trinajstić information content (AvgIpc) is 2.62. The maximum absolute atomic E-state index is 6.01. The Balaban J connectivity index is 1.98. The standard InChI is InChI=1S/C13H20N2O/c1-10-13(14)7-8-15(10)9-11-3-5-12(16-2)6-4-11/h3-6,10,13H,7-9,14H2,1-2H3. The Labute approximate surface area is 97.2 Å². The number of benzene rings is 1. The lowest BCUT2D eigenvalue weighted by Gasteiger charge is -2.22. The second-order valence-electron chi connectivity index (χ2n) is 4.51. The molecule has 1 fully saturated rings. The van der Waals surface area contributed by atoms with Crippen LogP contribution in [0.5, 0.6) is 5.75 Å². The van der Waals surface area contributed by atoms with Gasteiger partial charge in [-0.1, -0.05) is 12.1 Å². The smallest absolute Gasteiger partial charge is 0.118 e. The highest BCUT2D eigenvalue weighted by atomic mass is 16.5. The first-order chi connectivity index (χ1) is 7.70. The van der Waals surface area contributed by atoms with Crippen LogP contribution >= 0.6 is 0 Å². The lowest BCUT2D eigenvalue weighted by molar-refractivity contribution is 0.251. The molecule has 1 saturated heterocycles. The molecular weight excluding hydrogens is 200 g/mol. The Morgan fingerprint density at radius 3 is 2.56 bits per heavy atom. The summed E-state index contributed by atoms with van der Waals surface area (Å²) in [6.45, 7) is 4.30. The molecule has 0 aromatic heterocycles. The van der Waals surface area contributed by atoms with Gasteiger partial charge in [-0.2, -0.15) is 0 Å². The van der Waals surface area contributed by atoms with E-state index in [0.717, 1.165) is 25.3 Å². The van der Waals surface area contributed by atoms with E-state index < -0.39 is 0 Å². The third-order valence-corrected chi connectivity index (χ3v) is 3.49. The van der Waals surface area contributed by atoms with Gasteiger partial charge in [0.2, 0.25) is 0 Å². The van der Waals surface area contributed by atoms with E-state index in [9.17, 15) is 0 Å². The first-order valence-corrected chi connectivity index (χ1v) is 5.83. The van der Waals surface area contributed by atoms with Crippen LogP contribution in [0.1, 0.15) is 18.9 Å². The highest BCUT2D eigenvalue weighted by molar-refractivity contribution is 5.27. The molecule has 2 rings (SSSR count). The number of hydrogen-bond acceptors (Lipinski definition) is 3. The Morgan fingerprint density at radius 1 is 1.38 bits per heavy atom. The molecule has 0 amide bonds. The van der Waals surface area contributed by atoms with Crippen molar-refractivity contribution < 1.29 is 4.74 Å². The van der Waals surface area contributed by atoms with E-state index in [4.69, 9.17) is 10.5 Å². The summed E-state index contributed by atoms with van der Waals surface area (Å²) >= 11 is 0. The van der Waals surface area contributed by atoms with E-state index in [2.05, 4.69) is 24.0 Å². The van der Waals surface area contributed by atoms with Crippen LogP contribution in [0.3, 0.4) is 0 Å². The van der Waals surface area contributed by atoms with E-state index in [1.807, 2.05) is 12.1 Å². The Morgan fingerprint density at radius 2 is 2.06 bits per heavy atom. The van der Waals surface area contributed by atoms with Crippen molar-refractivity contribution in [2.75, 3.05) is 13.7 Å². The zero-order chi connectivity index (χ0) is 11.5. The van der Waals surface area contributed by atoms with Gasteiger partial charge in [-0.3, -0.25) is 4.90 Å². The van der Waals surface area contributed by atoms with Crippen LogP contribution in [0.2, 0.25) is 0 Å². The number of likely N-dealkylation sites (tertiary alicyclic amines) is 1. The van der Waals surface area contributed by atoms with Gasteiger partial charge in [0.15, 0.2) is 0 Å². The van der Waals surface area contributed by atoms with E-state index in [1.54, 1.807) is 7.11 Å². The van der Waals surface area contributed by atoms with Gasteiger partial charge in [-0.05, 0) is 31.0 Å². The van der Waals surface area contributed by atoms with Crippen LogP contribution in [0, 0.1) is 0 Å². The monoisotopic (exact) mass is 220 g/mol. The van der Waals surface area contributed by atoms with Gasteiger partial charge in [0.1, 0.15) is 5.75 Å². The summed E-state index contributed by atoms with van der Waals surface area (Å²) < 4.78 is 5.14. The highest BCUT2D eigenvalue weighted by Crippen LogP contribution is 2.20. The van der Waals surface area contributed by atoms with Crippen molar-refractivity contribution in [3.05, 3.63) is 29.8 Å². The van der Waals surface area contributed by atoms with E-state index in [-0.39, 0.29) is 0 Å². The summed E-state index contributed by atoms with van der Waals surface area (Å²) in [6, 6.07) is 9.08. The predicted molar refractivity (Wildman–Crippen MR) is 65.5 cm³/mol. The predicted octanol–water partition coefficient (Wildman–Crippen LogP) is 1.62. The zero-order valence-electron chi connectivity index (χ0n) is 10.0. The van der Waals surface area contributed by atoms with Gasteiger partial charge < -0.3 is 10.5 Å². The number of rotatable bonds is 3. The van der Waals surface area contributed by atoms with Crippen molar-refractivity contribution in [3.8, 4) is 5.75 Å². The van der Waals surface area contributed by atoms with Crippen molar-refractivity contribution in [3.63, 3.8) is 0 Å². The summed E-state index contributed by atoms with van der Waals surface area (Å²) in [5.41, 5.74) is 7.33. The van der Waals surface area contributed by atoms with Gasteiger partial charge in [0.25, 0.3) is 0 Å². The molecule has 0 aliphatic carbocycles. The van der Waals surface area contributed by atoms with E-state index in [1.165, 1.54) is 5.56 Å². The zero-order valence-corrected chi connectivity index (χ0v) is 10.0. The van der Waals surface area contributed by atoms with Gasteiger partial charge >= 0.3 is 0 Å². The normalized spacial score (nSPS) is 25.9. The van der Waals surface area contributed by atoms with Crippen LogP contribution in [0.25, 0.3) is 0 Å². The molecule has 3 nitrogen and oxygen atoms in total. The number of nitrogens with zero attached hydrogens (tertiary/aromatic N) is 1. The minimum atomic E-state index is 0.332. The fourth-order valence-electron chi connectivity index (χ4n) is 2.22. The first kappa shape index (κ1) is 11.4. The van der Waals surface area contributed by atoms with Crippen LogP contribution in [-0.2, 0) is 6.54 Å². The number of ether oxygens (including phenoxy) is 1. The third-order valence-electron chi connectivity index (χ3n) is 3.49. The molecule has 16 heavy (non-hydrogen) atoms. The van der Waals surface area contributed by atoms with Crippen molar-refractivity contribution in [2.24, 2.45) is 5.73 Å². The molecule has 1 aromatic carbocycles. The van der Waals surface area contributed by atoms with Crippen LogP contribution in [-0.4, -0.2) is 30.6 Å². The number of hydrogen-bond donors (Lipinski definition) is 1. The summed E-state index contributed by atoms with van der Waals surface area (Å²) in [4.78, 5) is 2.44. The van der Waals surface area contributed by atoms with Gasteiger partial charge in [-0.25, -0.2) is 0 Å². The minimum absolute atomic E-state index is 0.332. The second-order valence-corrected chi connectivity index (χ2v) is 4.51. The molecule has 1 heterocycles. The first-order valence-electron chi connectivity index (χ1n) is 5.83. The van der Waals surface area contributed by atoms with Crippen molar-refractivity contribution in [1.82, 2.24) is 4.90 Å². The molecular formula is C13H20N2O. The number of methoxy groups -OCH3 is 1. The Hall–Kier alpha value is -1.06. The molecule has 2 unspecified atom stereocenters. The molecule has 1 aliphatic heterocycles. The number of nitrogens with two attached hydrogens (primary N) is 1. The van der Waals surface area contributed by atoms with Crippen LogP contribution in [0.4, 0.5) is 0 Å². The molecule has 2 N–H and O–H groups in total. The topological polar surface area (TPSA) is 38.5 Å². The average molecular weight is 220 g/mol. The summed E-state index contributed by atoms with van der Waals surface area (Å²) in [7, 11) is 1.69. The van der Waals surface area contributed by atoms with Gasteiger partial charge in [-0.15, -0.1) is 0 Å². The molecule has 0 spiro atoms. The Bertz CT molecular complexity index is 336. The fraction of sp³-hybridized carbons (Fsp3) is 0.538. The minimum Gasteiger partial charge on any atom is -0.497 e. The second kappa shape index (κ2) is 4.85. The lowest BCUT2D eigenvalue weighted by Crippen LogP contribution is -2.36. The molecule has 88 valence electrons. The molecule has 0 bridgehead atoms. The maximum atomic E-state index is 6.01. The molecule has 1 aliphatic rings. The van der Waals surface area contributed by atoms with E-state index >= 15 is 0 Å². The van der Waals surface area contributed by atoms with Gasteiger partial charge in [0.05, 0.1) is 7.11 Å². The van der Waals surface area contributed by atoms with Crippen LogP contribution < -0.4 is 10.5 Å². The van der Waals surface area contributed by atoms with Crippen molar-refractivity contribution in [1.29, 1.82) is 0 Å². The molecule has 1 aromatic rings. The molecule has 3 heteroatoms. The van der Waals surface area contributed by atoms with Crippen molar-refractivity contribution in [2.45, 2.75) is 32.0 Å². The lowest BCUT2D eigenvalue weighted by atomic mass is 10.1. The van der Waals surface area contributed by atoms with Crippen molar-refractivity contribution >= 4 is 0 Å². The van der Waals surface area contributed by atoms with E-state index in [0.29, 0.717) is 12.1 Å². The SMILES string of the molecule is COc1ccc(CN2CCC(N)C2C)cc1. The van der Waals surface area contributed by atoms with Gasteiger partial charge in [0, 0.05) is 25.2 Å². The summed E-state index contributed by atoms with van der Waals surface area (Å²) in [5.74, 6) is 0.912. The summed E-state index contributed by atoms with van der Waals surface area (Å²) in [5, 5.41) is 0. The fourth-order valence-corrected chi connectivity index (χ4v) is 2.22. The molecule has 0 saturated carbocycles.